The van der Waals surface area contributed by atoms with E-state index in [-0.39, 0.29) is 12.0 Å². The lowest BCUT2D eigenvalue weighted by Gasteiger charge is -2.35. The van der Waals surface area contributed by atoms with Crippen molar-refractivity contribution in [3.63, 3.8) is 0 Å². The van der Waals surface area contributed by atoms with Gasteiger partial charge in [0.2, 0.25) is 5.91 Å². The Hall–Kier alpha value is -0.650. The topological polar surface area (TPSA) is 50.8 Å². The summed E-state index contributed by atoms with van der Waals surface area (Å²) in [7, 11) is 0. The maximum absolute atomic E-state index is 12.0. The zero-order valence-electron chi connectivity index (χ0n) is 12.8. The second-order valence-electron chi connectivity index (χ2n) is 6.18. The van der Waals surface area contributed by atoms with Crippen molar-refractivity contribution in [2.45, 2.75) is 45.3 Å². The SMILES string of the molecule is CC(C)C[C@H](CNC(=O)[C@H]1CCCO1)N1CCOCC1. The molecule has 2 fully saturated rings. The molecule has 5 heteroatoms. The third kappa shape index (κ3) is 4.72. The number of amides is 1. The van der Waals surface area contributed by atoms with Crippen molar-refractivity contribution >= 4 is 5.91 Å². The van der Waals surface area contributed by atoms with Gasteiger partial charge >= 0.3 is 0 Å². The smallest absolute Gasteiger partial charge is 0.249 e. The molecule has 2 atom stereocenters. The quantitative estimate of drug-likeness (QED) is 0.791. The molecule has 20 heavy (non-hydrogen) atoms. The third-order valence-electron chi connectivity index (χ3n) is 4.04. The van der Waals surface area contributed by atoms with Gasteiger partial charge < -0.3 is 14.8 Å². The molecule has 2 saturated heterocycles. The van der Waals surface area contributed by atoms with Crippen molar-refractivity contribution < 1.29 is 14.3 Å². The molecule has 0 aromatic carbocycles. The van der Waals surface area contributed by atoms with Crippen LogP contribution in [0, 0.1) is 5.92 Å². The predicted octanol–water partition coefficient (Wildman–Crippen LogP) is 1.03. The first-order valence-corrected chi connectivity index (χ1v) is 7.88. The number of carbonyl (C=O) groups is 1. The highest BCUT2D eigenvalue weighted by Gasteiger charge is 2.26. The number of hydrogen-bond donors (Lipinski definition) is 1. The van der Waals surface area contributed by atoms with Gasteiger partial charge in [0.05, 0.1) is 13.2 Å². The zero-order valence-corrected chi connectivity index (χ0v) is 12.8. The third-order valence-corrected chi connectivity index (χ3v) is 4.04. The van der Waals surface area contributed by atoms with E-state index in [1.165, 1.54) is 0 Å². The Kier molecular flexibility index (Phi) is 6.26. The molecule has 0 aromatic heterocycles. The maximum atomic E-state index is 12.0. The van der Waals surface area contributed by atoms with Gasteiger partial charge in [-0.3, -0.25) is 9.69 Å². The zero-order chi connectivity index (χ0) is 14.4. The average Bonchev–Trinajstić information content (AvgIpc) is 2.98. The molecule has 0 aliphatic carbocycles. The number of morpholine rings is 1. The predicted molar refractivity (Wildman–Crippen MR) is 77.6 cm³/mol. The summed E-state index contributed by atoms with van der Waals surface area (Å²) in [5.74, 6) is 0.687. The summed E-state index contributed by atoms with van der Waals surface area (Å²) in [6.07, 6.45) is 2.74. The molecule has 2 heterocycles. The fourth-order valence-electron chi connectivity index (χ4n) is 2.96. The van der Waals surface area contributed by atoms with Crippen molar-refractivity contribution in [3.8, 4) is 0 Å². The molecule has 116 valence electrons. The van der Waals surface area contributed by atoms with Crippen molar-refractivity contribution in [1.29, 1.82) is 0 Å². The van der Waals surface area contributed by atoms with E-state index in [1.54, 1.807) is 0 Å². The summed E-state index contributed by atoms with van der Waals surface area (Å²) in [6.45, 7) is 9.43. The molecular formula is C15H28N2O3. The highest BCUT2D eigenvalue weighted by molar-refractivity contribution is 5.80. The number of nitrogens with one attached hydrogen (secondary N) is 1. The standard InChI is InChI=1S/C15H28N2O3/c1-12(2)10-13(17-5-8-19-9-6-17)11-16-15(18)14-4-3-7-20-14/h12-14H,3-11H2,1-2H3,(H,16,18)/t13-,14-/m1/s1. The number of hydrogen-bond acceptors (Lipinski definition) is 4. The molecule has 0 saturated carbocycles. The van der Waals surface area contributed by atoms with Crippen LogP contribution in [0.3, 0.4) is 0 Å². The van der Waals surface area contributed by atoms with Gasteiger partial charge in [0.15, 0.2) is 0 Å². The Morgan fingerprint density at radius 2 is 2.05 bits per heavy atom. The molecule has 0 radical (unpaired) electrons. The van der Waals surface area contributed by atoms with Crippen LogP contribution in [-0.2, 0) is 14.3 Å². The molecule has 1 amide bonds. The first-order valence-electron chi connectivity index (χ1n) is 7.88. The first-order chi connectivity index (χ1) is 9.66. The van der Waals surface area contributed by atoms with E-state index >= 15 is 0 Å². The Bertz CT molecular complexity index is 297. The van der Waals surface area contributed by atoms with Gasteiger partial charge in [0.1, 0.15) is 6.10 Å². The minimum atomic E-state index is -0.223. The fraction of sp³-hybridized carbons (Fsp3) is 0.933. The van der Waals surface area contributed by atoms with E-state index in [0.29, 0.717) is 12.0 Å². The number of ether oxygens (including phenoxy) is 2. The van der Waals surface area contributed by atoms with Gasteiger partial charge in [-0.2, -0.15) is 0 Å². The van der Waals surface area contributed by atoms with Gasteiger partial charge in [-0.15, -0.1) is 0 Å². The van der Waals surface area contributed by atoms with Crippen LogP contribution in [0.4, 0.5) is 0 Å². The van der Waals surface area contributed by atoms with E-state index in [0.717, 1.165) is 58.7 Å². The monoisotopic (exact) mass is 284 g/mol. The molecule has 5 nitrogen and oxygen atoms in total. The van der Waals surface area contributed by atoms with Crippen LogP contribution >= 0.6 is 0 Å². The Balaban J connectivity index is 1.81. The minimum absolute atomic E-state index is 0.0597. The number of nitrogens with zero attached hydrogens (tertiary/aromatic N) is 1. The Morgan fingerprint density at radius 3 is 2.65 bits per heavy atom. The summed E-state index contributed by atoms with van der Waals surface area (Å²) in [5, 5.41) is 3.08. The molecule has 0 aromatic rings. The molecule has 0 unspecified atom stereocenters. The van der Waals surface area contributed by atoms with Crippen LogP contribution in [0.25, 0.3) is 0 Å². The Morgan fingerprint density at radius 1 is 1.30 bits per heavy atom. The van der Waals surface area contributed by atoms with Crippen LogP contribution in [0.1, 0.15) is 33.1 Å². The van der Waals surface area contributed by atoms with E-state index in [1.807, 2.05) is 0 Å². The van der Waals surface area contributed by atoms with E-state index < -0.39 is 0 Å². The summed E-state index contributed by atoms with van der Waals surface area (Å²) < 4.78 is 10.8. The summed E-state index contributed by atoms with van der Waals surface area (Å²) >= 11 is 0. The molecule has 2 aliphatic rings. The van der Waals surface area contributed by atoms with Crippen molar-refractivity contribution in [1.82, 2.24) is 10.2 Å². The molecule has 2 aliphatic heterocycles. The second-order valence-corrected chi connectivity index (χ2v) is 6.18. The minimum Gasteiger partial charge on any atom is -0.379 e. The lowest BCUT2D eigenvalue weighted by atomic mass is 10.0. The van der Waals surface area contributed by atoms with E-state index in [9.17, 15) is 4.79 Å². The highest BCUT2D eigenvalue weighted by Crippen LogP contribution is 2.14. The van der Waals surface area contributed by atoms with Gasteiger partial charge in [-0.1, -0.05) is 13.8 Å². The van der Waals surface area contributed by atoms with Gasteiger partial charge in [0.25, 0.3) is 0 Å². The van der Waals surface area contributed by atoms with Crippen molar-refractivity contribution in [3.05, 3.63) is 0 Å². The summed E-state index contributed by atoms with van der Waals surface area (Å²) in [4.78, 5) is 14.5. The number of rotatable bonds is 6. The van der Waals surface area contributed by atoms with E-state index in [4.69, 9.17) is 9.47 Å². The largest absolute Gasteiger partial charge is 0.379 e. The van der Waals surface area contributed by atoms with Gasteiger partial charge in [-0.05, 0) is 25.2 Å². The molecule has 0 spiro atoms. The van der Waals surface area contributed by atoms with Crippen LogP contribution in [-0.4, -0.2) is 62.4 Å². The molecule has 0 bridgehead atoms. The molecule has 1 N–H and O–H groups in total. The van der Waals surface area contributed by atoms with Crippen molar-refractivity contribution in [2.24, 2.45) is 5.92 Å². The summed E-state index contributed by atoms with van der Waals surface area (Å²) in [6, 6.07) is 0.407. The molecule has 2 rings (SSSR count). The second kappa shape index (κ2) is 7.96. The first kappa shape index (κ1) is 15.7. The van der Waals surface area contributed by atoms with E-state index in [2.05, 4.69) is 24.1 Å². The lowest BCUT2D eigenvalue weighted by molar-refractivity contribution is -0.130. The highest BCUT2D eigenvalue weighted by atomic mass is 16.5. The lowest BCUT2D eigenvalue weighted by Crippen LogP contribution is -2.50. The number of carbonyl (C=O) groups excluding carboxylic acids is 1. The Labute approximate surface area is 122 Å². The van der Waals surface area contributed by atoms with Crippen LogP contribution in [0.5, 0.6) is 0 Å². The summed E-state index contributed by atoms with van der Waals surface area (Å²) in [5.41, 5.74) is 0. The van der Waals surface area contributed by atoms with Gasteiger partial charge in [-0.25, -0.2) is 0 Å². The van der Waals surface area contributed by atoms with Crippen LogP contribution in [0.15, 0.2) is 0 Å². The normalized spacial score (nSPS) is 25.9. The average molecular weight is 284 g/mol. The van der Waals surface area contributed by atoms with Gasteiger partial charge in [0, 0.05) is 32.3 Å². The van der Waals surface area contributed by atoms with Crippen molar-refractivity contribution in [2.75, 3.05) is 39.5 Å². The molecular weight excluding hydrogens is 256 g/mol. The van der Waals surface area contributed by atoms with Crippen LogP contribution < -0.4 is 5.32 Å². The van der Waals surface area contributed by atoms with Crippen LogP contribution in [0.2, 0.25) is 0 Å². The maximum Gasteiger partial charge on any atom is 0.249 e. The fourth-order valence-corrected chi connectivity index (χ4v) is 2.96.